The Morgan fingerprint density at radius 2 is 1.75 bits per heavy atom. The van der Waals surface area contributed by atoms with E-state index in [9.17, 15) is 13.2 Å². The molecule has 0 aliphatic carbocycles. The third-order valence-electron chi connectivity index (χ3n) is 2.64. The maximum absolute atomic E-state index is 12.8. The van der Waals surface area contributed by atoms with Gasteiger partial charge >= 0.3 is 6.18 Å². The van der Waals surface area contributed by atoms with Crippen LogP contribution in [0.5, 0.6) is 0 Å². The van der Waals surface area contributed by atoms with Crippen LogP contribution in [0.15, 0.2) is 6.07 Å². The van der Waals surface area contributed by atoms with Crippen molar-refractivity contribution in [3.05, 3.63) is 11.8 Å². The molecule has 0 radical (unpaired) electrons. The molecule has 1 rings (SSSR count). The van der Waals surface area contributed by atoms with Crippen molar-refractivity contribution >= 4 is 11.8 Å². The molecule has 0 aliphatic rings. The zero-order valence-electron chi connectivity index (χ0n) is 11.8. The summed E-state index contributed by atoms with van der Waals surface area (Å²) in [4.78, 5) is 7.55. The number of alkyl halides is 3. The lowest BCUT2D eigenvalue weighted by Gasteiger charge is -2.12. The van der Waals surface area contributed by atoms with Crippen LogP contribution in [-0.4, -0.2) is 23.1 Å². The molecule has 0 amide bonds. The number of anilines is 2. The van der Waals surface area contributed by atoms with Gasteiger partial charge in [-0.15, -0.1) is 0 Å². The molecule has 0 saturated heterocycles. The highest BCUT2D eigenvalue weighted by molar-refractivity contribution is 5.43. The Labute approximate surface area is 117 Å². The lowest BCUT2D eigenvalue weighted by atomic mass is 10.2. The van der Waals surface area contributed by atoms with E-state index in [1.807, 2.05) is 6.92 Å². The summed E-state index contributed by atoms with van der Waals surface area (Å²) in [5.41, 5.74) is -0.927. The molecule has 4 nitrogen and oxygen atoms in total. The van der Waals surface area contributed by atoms with Gasteiger partial charge in [0, 0.05) is 19.2 Å². The van der Waals surface area contributed by atoms with E-state index in [4.69, 9.17) is 0 Å². The van der Waals surface area contributed by atoms with Crippen LogP contribution in [0.25, 0.3) is 0 Å². The van der Waals surface area contributed by atoms with Gasteiger partial charge in [0.1, 0.15) is 5.82 Å². The van der Waals surface area contributed by atoms with Gasteiger partial charge in [0.15, 0.2) is 5.69 Å². The van der Waals surface area contributed by atoms with Crippen LogP contribution in [0.3, 0.4) is 0 Å². The van der Waals surface area contributed by atoms with Crippen molar-refractivity contribution in [2.75, 3.05) is 23.7 Å². The Morgan fingerprint density at radius 1 is 1.00 bits per heavy atom. The van der Waals surface area contributed by atoms with Crippen molar-refractivity contribution in [1.29, 1.82) is 0 Å². The standard InChI is InChI=1S/C13H21F3N4/c1-3-5-6-8-17-11-9-10(13(14,15)16)19-12(20-11)18-7-4-2/h9H,3-8H2,1-2H3,(H2,17,18,19,20). The molecule has 0 atom stereocenters. The molecule has 0 unspecified atom stereocenters. The SMILES string of the molecule is CCCCCNc1cc(C(F)(F)F)nc(NCCC)n1. The molecule has 0 aliphatic heterocycles. The van der Waals surface area contributed by atoms with Gasteiger partial charge in [0.05, 0.1) is 0 Å². The first-order chi connectivity index (χ1) is 9.47. The molecule has 2 N–H and O–H groups in total. The first kappa shape index (κ1) is 16.5. The lowest BCUT2D eigenvalue weighted by Crippen LogP contribution is -2.14. The smallest absolute Gasteiger partial charge is 0.370 e. The van der Waals surface area contributed by atoms with Gasteiger partial charge in [-0.3, -0.25) is 0 Å². The van der Waals surface area contributed by atoms with Gasteiger partial charge in [-0.25, -0.2) is 4.98 Å². The minimum atomic E-state index is -4.47. The quantitative estimate of drug-likeness (QED) is 0.712. The van der Waals surface area contributed by atoms with Crippen LogP contribution in [-0.2, 0) is 6.18 Å². The molecule has 0 bridgehead atoms. The number of nitrogens with one attached hydrogen (secondary N) is 2. The van der Waals surface area contributed by atoms with Gasteiger partial charge < -0.3 is 10.6 Å². The number of halogens is 3. The van der Waals surface area contributed by atoms with Crippen LogP contribution >= 0.6 is 0 Å². The van der Waals surface area contributed by atoms with E-state index in [0.717, 1.165) is 31.7 Å². The van der Waals surface area contributed by atoms with E-state index in [2.05, 4.69) is 27.5 Å². The molecule has 20 heavy (non-hydrogen) atoms. The summed E-state index contributed by atoms with van der Waals surface area (Å²) in [7, 11) is 0. The fourth-order valence-corrected chi connectivity index (χ4v) is 1.59. The highest BCUT2D eigenvalue weighted by Crippen LogP contribution is 2.29. The lowest BCUT2D eigenvalue weighted by molar-refractivity contribution is -0.141. The third-order valence-corrected chi connectivity index (χ3v) is 2.64. The van der Waals surface area contributed by atoms with Gasteiger partial charge in [-0.2, -0.15) is 18.2 Å². The molecule has 1 heterocycles. The Bertz CT molecular complexity index is 407. The van der Waals surface area contributed by atoms with Crippen molar-refractivity contribution in [3.8, 4) is 0 Å². The van der Waals surface area contributed by atoms with Gasteiger partial charge in [-0.05, 0) is 12.8 Å². The predicted molar refractivity (Wildman–Crippen MR) is 73.8 cm³/mol. The molecular weight excluding hydrogens is 269 g/mol. The van der Waals surface area contributed by atoms with E-state index < -0.39 is 11.9 Å². The topological polar surface area (TPSA) is 49.8 Å². The van der Waals surface area contributed by atoms with Crippen molar-refractivity contribution in [1.82, 2.24) is 9.97 Å². The molecule has 0 saturated carbocycles. The van der Waals surface area contributed by atoms with E-state index in [1.54, 1.807) is 0 Å². The summed E-state index contributed by atoms with van der Waals surface area (Å²) in [5, 5.41) is 5.70. The number of hydrogen-bond donors (Lipinski definition) is 2. The summed E-state index contributed by atoms with van der Waals surface area (Å²) >= 11 is 0. The highest BCUT2D eigenvalue weighted by atomic mass is 19.4. The monoisotopic (exact) mass is 290 g/mol. The molecule has 0 spiro atoms. The Hall–Kier alpha value is -1.53. The van der Waals surface area contributed by atoms with Crippen molar-refractivity contribution in [3.63, 3.8) is 0 Å². The second kappa shape index (κ2) is 7.91. The summed E-state index contributed by atoms with van der Waals surface area (Å²) < 4.78 is 38.3. The summed E-state index contributed by atoms with van der Waals surface area (Å²) in [6, 6.07) is 0.947. The number of hydrogen-bond acceptors (Lipinski definition) is 4. The summed E-state index contributed by atoms with van der Waals surface area (Å²) in [6.45, 7) is 5.13. The largest absolute Gasteiger partial charge is 0.433 e. The molecule has 1 aromatic rings. The van der Waals surface area contributed by atoms with Gasteiger partial charge in [0.2, 0.25) is 5.95 Å². The second-order valence-corrected chi connectivity index (χ2v) is 4.52. The number of aromatic nitrogens is 2. The molecule has 114 valence electrons. The molecule has 0 fully saturated rings. The van der Waals surface area contributed by atoms with E-state index >= 15 is 0 Å². The highest BCUT2D eigenvalue weighted by Gasteiger charge is 2.33. The zero-order chi connectivity index (χ0) is 15.0. The maximum atomic E-state index is 12.8. The summed E-state index contributed by atoms with van der Waals surface area (Å²) in [5.74, 6) is 0.224. The van der Waals surface area contributed by atoms with Crippen molar-refractivity contribution < 1.29 is 13.2 Å². The van der Waals surface area contributed by atoms with Gasteiger partial charge in [0.25, 0.3) is 0 Å². The Balaban J connectivity index is 2.80. The minimum Gasteiger partial charge on any atom is -0.370 e. The Kier molecular flexibility index (Phi) is 6.54. The fourth-order valence-electron chi connectivity index (χ4n) is 1.59. The molecule has 1 aromatic heterocycles. The third kappa shape index (κ3) is 5.63. The average molecular weight is 290 g/mol. The molecule has 7 heteroatoms. The van der Waals surface area contributed by atoms with Crippen LogP contribution in [0.1, 0.15) is 45.2 Å². The number of rotatable bonds is 8. The number of nitrogens with zero attached hydrogens (tertiary/aromatic N) is 2. The first-order valence-electron chi connectivity index (χ1n) is 6.91. The van der Waals surface area contributed by atoms with E-state index in [-0.39, 0.29) is 11.8 Å². The van der Waals surface area contributed by atoms with Crippen molar-refractivity contribution in [2.45, 2.75) is 45.7 Å². The first-order valence-corrected chi connectivity index (χ1v) is 6.91. The summed E-state index contributed by atoms with van der Waals surface area (Å²) in [6.07, 6.45) is -0.683. The average Bonchev–Trinajstić information content (AvgIpc) is 2.40. The van der Waals surface area contributed by atoms with Crippen LogP contribution in [0.4, 0.5) is 24.9 Å². The van der Waals surface area contributed by atoms with Crippen LogP contribution < -0.4 is 10.6 Å². The predicted octanol–water partition coefficient (Wildman–Crippen LogP) is 3.92. The van der Waals surface area contributed by atoms with Crippen molar-refractivity contribution in [2.24, 2.45) is 0 Å². The van der Waals surface area contributed by atoms with E-state index in [0.29, 0.717) is 13.1 Å². The fraction of sp³-hybridized carbons (Fsp3) is 0.692. The van der Waals surface area contributed by atoms with Crippen LogP contribution in [0.2, 0.25) is 0 Å². The number of unbranched alkanes of at least 4 members (excludes halogenated alkanes) is 2. The Morgan fingerprint density at radius 3 is 2.35 bits per heavy atom. The molecular formula is C13H21F3N4. The van der Waals surface area contributed by atoms with E-state index in [1.165, 1.54) is 0 Å². The maximum Gasteiger partial charge on any atom is 0.433 e. The normalized spacial score (nSPS) is 11.4. The van der Waals surface area contributed by atoms with Crippen LogP contribution in [0, 0.1) is 0 Å². The van der Waals surface area contributed by atoms with Gasteiger partial charge in [-0.1, -0.05) is 26.7 Å². The zero-order valence-corrected chi connectivity index (χ0v) is 11.8. The second-order valence-electron chi connectivity index (χ2n) is 4.52. The minimum absolute atomic E-state index is 0.0136. The molecule has 0 aromatic carbocycles.